The third-order valence-corrected chi connectivity index (χ3v) is 5.39. The molecule has 0 aliphatic rings. The van der Waals surface area contributed by atoms with Crippen molar-refractivity contribution in [2.75, 3.05) is 0 Å². The number of Topliss-reactive ketones (excluding diaryl/α,β-unsaturated/α-hetero) is 1. The number of hydrogen-bond donors (Lipinski definition) is 0. The maximum atomic E-state index is 11.2. The minimum atomic E-state index is 0.0396. The van der Waals surface area contributed by atoms with Gasteiger partial charge < -0.3 is 0 Å². The molecular weight excluding hydrogens is 267 g/mol. The molecule has 2 radical (unpaired) electrons. The van der Waals surface area contributed by atoms with E-state index in [1.54, 1.807) is 18.3 Å². The van der Waals surface area contributed by atoms with Crippen molar-refractivity contribution in [3.8, 4) is 0 Å². The van der Waals surface area contributed by atoms with Gasteiger partial charge in [0.2, 0.25) is 0 Å². The number of halogens is 1. The Kier molecular flexibility index (Phi) is 2.34. The lowest BCUT2D eigenvalue weighted by molar-refractivity contribution is 0.102. The highest BCUT2D eigenvalue weighted by atomic mass is 79.9. The molecule has 64 valence electrons. The Morgan fingerprint density at radius 2 is 2.23 bits per heavy atom. The molecule has 1 nitrogen and oxygen atoms in total. The van der Waals surface area contributed by atoms with Crippen LogP contribution in [0.1, 0.15) is 16.6 Å². The van der Waals surface area contributed by atoms with Crippen LogP contribution in [0.5, 0.6) is 0 Å². The second kappa shape index (κ2) is 3.22. The molecule has 0 spiro atoms. The second-order valence-corrected chi connectivity index (χ2v) is 5.40. The number of rotatable bonds is 1. The van der Waals surface area contributed by atoms with Crippen LogP contribution in [0.15, 0.2) is 9.85 Å². The molecule has 2 heterocycles. The van der Waals surface area contributed by atoms with Gasteiger partial charge >= 0.3 is 0 Å². The Morgan fingerprint density at radius 1 is 1.54 bits per heavy atom. The molecule has 0 aliphatic carbocycles. The maximum Gasteiger partial charge on any atom is 0.169 e. The summed E-state index contributed by atoms with van der Waals surface area (Å²) in [4.78, 5) is 11.8. The van der Waals surface area contributed by atoms with Gasteiger partial charge in [-0.3, -0.25) is 4.79 Å². The lowest BCUT2D eigenvalue weighted by Gasteiger charge is -1.89. The first-order valence-electron chi connectivity index (χ1n) is 3.57. The monoisotopic (exact) mass is 270 g/mol. The highest BCUT2D eigenvalue weighted by molar-refractivity contribution is 9.10. The molecule has 0 saturated carbocycles. The molecule has 0 fully saturated rings. The minimum Gasteiger partial charge on any atom is -0.294 e. The fraction of sp³-hybridized carbons (Fsp3) is 0.125. The number of carbonyl (C=O) groups excluding carboxylic acids is 1. The van der Waals surface area contributed by atoms with Crippen molar-refractivity contribution in [1.29, 1.82) is 0 Å². The van der Waals surface area contributed by atoms with Gasteiger partial charge in [-0.25, -0.2) is 0 Å². The zero-order chi connectivity index (χ0) is 9.59. The Hall–Kier alpha value is -0.125. The second-order valence-electron chi connectivity index (χ2n) is 2.64. The van der Waals surface area contributed by atoms with Crippen LogP contribution in [0.25, 0.3) is 9.40 Å². The number of fused-ring (bicyclic) bond motifs is 1. The average molecular weight is 271 g/mol. The van der Waals surface area contributed by atoms with Crippen molar-refractivity contribution in [2.45, 2.75) is 6.92 Å². The predicted octanol–water partition coefficient (Wildman–Crippen LogP) is 2.72. The number of carbonyl (C=O) groups is 1. The van der Waals surface area contributed by atoms with Crippen molar-refractivity contribution < 1.29 is 4.79 Å². The van der Waals surface area contributed by atoms with Gasteiger partial charge in [0.05, 0.1) is 9.58 Å². The molecular formula is C8H4BBrOS2. The van der Waals surface area contributed by atoms with Crippen LogP contribution in [0.4, 0.5) is 0 Å². The summed E-state index contributed by atoms with van der Waals surface area (Å²) in [6.07, 6.45) is 0. The van der Waals surface area contributed by atoms with E-state index in [1.807, 2.05) is 5.38 Å². The predicted molar refractivity (Wildman–Crippen MR) is 62.8 cm³/mol. The SMILES string of the molecule is [B]c1c(C(C)=O)sc2c(Br)csc12. The van der Waals surface area contributed by atoms with Gasteiger partial charge in [-0.2, -0.15) is 0 Å². The quantitative estimate of drug-likeness (QED) is 0.575. The van der Waals surface area contributed by atoms with Crippen molar-refractivity contribution in [2.24, 2.45) is 0 Å². The molecule has 0 amide bonds. The van der Waals surface area contributed by atoms with Crippen molar-refractivity contribution in [1.82, 2.24) is 0 Å². The standard InChI is InChI=1S/C8H4BBrOS2/c1-3(11)6-5(9)8-7(13-6)4(10)2-12-8/h2H,1H3. The third-order valence-electron chi connectivity index (χ3n) is 1.72. The molecule has 2 aromatic heterocycles. The van der Waals surface area contributed by atoms with Gasteiger partial charge in [-0.15, -0.1) is 22.7 Å². The summed E-state index contributed by atoms with van der Waals surface area (Å²) in [5, 5.41) is 1.99. The molecule has 5 heteroatoms. The third kappa shape index (κ3) is 1.39. The fourth-order valence-corrected chi connectivity index (χ4v) is 4.09. The highest BCUT2D eigenvalue weighted by Crippen LogP contribution is 2.35. The first-order chi connectivity index (χ1) is 6.11. The van der Waals surface area contributed by atoms with Gasteiger partial charge in [-0.1, -0.05) is 5.46 Å². The van der Waals surface area contributed by atoms with Gasteiger partial charge in [-0.05, 0) is 22.9 Å². The smallest absolute Gasteiger partial charge is 0.169 e. The Balaban J connectivity index is 2.81. The van der Waals surface area contributed by atoms with Crippen LogP contribution in [0.2, 0.25) is 0 Å². The molecule has 0 saturated heterocycles. The maximum absolute atomic E-state index is 11.2. The van der Waals surface area contributed by atoms with Crippen LogP contribution < -0.4 is 5.46 Å². The van der Waals surface area contributed by atoms with E-state index in [9.17, 15) is 4.79 Å². The number of ketones is 1. The molecule has 0 N–H and O–H groups in total. The van der Waals surface area contributed by atoms with Crippen LogP contribution in [0, 0.1) is 0 Å². The fourth-order valence-electron chi connectivity index (χ4n) is 1.13. The van der Waals surface area contributed by atoms with Crippen molar-refractivity contribution >= 4 is 67.1 Å². The Morgan fingerprint density at radius 3 is 2.77 bits per heavy atom. The summed E-state index contributed by atoms with van der Waals surface area (Å²) >= 11 is 6.44. The topological polar surface area (TPSA) is 17.1 Å². The lowest BCUT2D eigenvalue weighted by atomic mass is 9.95. The molecule has 13 heavy (non-hydrogen) atoms. The largest absolute Gasteiger partial charge is 0.294 e. The van der Waals surface area contributed by atoms with Crippen LogP contribution in [-0.2, 0) is 0 Å². The lowest BCUT2D eigenvalue weighted by Crippen LogP contribution is -2.08. The van der Waals surface area contributed by atoms with Crippen LogP contribution >= 0.6 is 38.6 Å². The first-order valence-corrected chi connectivity index (χ1v) is 6.06. The first kappa shape index (κ1) is 9.43. The van der Waals surface area contributed by atoms with Gasteiger partial charge in [0.1, 0.15) is 7.85 Å². The number of hydrogen-bond acceptors (Lipinski definition) is 3. The molecule has 0 aromatic carbocycles. The average Bonchev–Trinajstić information content (AvgIpc) is 2.55. The molecule has 0 atom stereocenters. The summed E-state index contributed by atoms with van der Waals surface area (Å²) in [7, 11) is 5.83. The zero-order valence-corrected chi connectivity index (χ0v) is 9.98. The molecule has 0 aliphatic heterocycles. The van der Waals surface area contributed by atoms with E-state index >= 15 is 0 Å². The minimum absolute atomic E-state index is 0.0396. The van der Waals surface area contributed by atoms with Gasteiger partial charge in [0.25, 0.3) is 0 Å². The summed E-state index contributed by atoms with van der Waals surface area (Å²) < 4.78 is 3.12. The summed E-state index contributed by atoms with van der Waals surface area (Å²) in [5.74, 6) is 0.0396. The van der Waals surface area contributed by atoms with Crippen LogP contribution in [0.3, 0.4) is 0 Å². The van der Waals surface area contributed by atoms with E-state index in [-0.39, 0.29) is 5.78 Å². The van der Waals surface area contributed by atoms with Crippen molar-refractivity contribution in [3.05, 3.63) is 14.7 Å². The zero-order valence-electron chi connectivity index (χ0n) is 6.76. The number of thiophene rings is 2. The molecule has 2 aromatic rings. The molecule has 2 rings (SSSR count). The van der Waals surface area contributed by atoms with E-state index in [4.69, 9.17) is 7.85 Å². The van der Waals surface area contributed by atoms with Crippen molar-refractivity contribution in [3.63, 3.8) is 0 Å². The molecule has 0 bridgehead atoms. The Labute approximate surface area is 93.3 Å². The van der Waals surface area contributed by atoms with E-state index in [2.05, 4.69) is 15.9 Å². The highest BCUT2D eigenvalue weighted by Gasteiger charge is 2.14. The van der Waals surface area contributed by atoms with Gasteiger partial charge in [0, 0.05) is 14.6 Å². The summed E-state index contributed by atoms with van der Waals surface area (Å²) in [6, 6.07) is 0. The van der Waals surface area contributed by atoms with Gasteiger partial charge in [0.15, 0.2) is 5.78 Å². The Bertz CT molecular complexity index is 486. The van der Waals surface area contributed by atoms with E-state index in [0.717, 1.165) is 13.9 Å². The molecule has 0 unspecified atom stereocenters. The summed E-state index contributed by atoms with van der Waals surface area (Å²) in [5.41, 5.74) is 0.628. The van der Waals surface area contributed by atoms with Crippen LogP contribution in [-0.4, -0.2) is 13.6 Å². The van der Waals surface area contributed by atoms with E-state index in [1.165, 1.54) is 11.3 Å². The summed E-state index contributed by atoms with van der Waals surface area (Å²) in [6.45, 7) is 1.54. The van der Waals surface area contributed by atoms with E-state index in [0.29, 0.717) is 10.3 Å². The normalized spacial score (nSPS) is 10.9. The van der Waals surface area contributed by atoms with E-state index < -0.39 is 0 Å².